The second-order valence-corrected chi connectivity index (χ2v) is 8.13. The number of amides is 1. The number of nitrogens with one attached hydrogen (secondary N) is 1. The van der Waals surface area contributed by atoms with Gasteiger partial charge in [0, 0.05) is 30.5 Å². The van der Waals surface area contributed by atoms with Crippen LogP contribution < -0.4 is 10.9 Å². The Morgan fingerprint density at radius 3 is 2.73 bits per heavy atom. The second kappa shape index (κ2) is 8.72. The molecule has 158 valence electrons. The average Bonchev–Trinajstić information content (AvgIpc) is 2.98. The molecule has 2 aromatic heterocycles. The Labute approximate surface area is 176 Å². The van der Waals surface area contributed by atoms with E-state index in [0.29, 0.717) is 40.3 Å². The molecule has 0 atom stereocenters. The van der Waals surface area contributed by atoms with Crippen LogP contribution in [0.15, 0.2) is 23.0 Å². The number of methoxy groups -OCH3 is 1. The van der Waals surface area contributed by atoms with E-state index in [2.05, 4.69) is 10.3 Å². The molecule has 1 amide bonds. The highest BCUT2D eigenvalue weighted by atomic mass is 32.1. The first-order valence-corrected chi connectivity index (χ1v) is 10.1. The number of thiophene rings is 1. The molecule has 0 unspecified atom stereocenters. The molecule has 0 saturated carbocycles. The number of carbonyl (C=O) groups is 1. The summed E-state index contributed by atoms with van der Waals surface area (Å²) in [5.41, 5.74) is 1.46. The van der Waals surface area contributed by atoms with E-state index in [1.807, 2.05) is 13.8 Å². The Bertz CT molecular complexity index is 1200. The summed E-state index contributed by atoms with van der Waals surface area (Å²) in [6, 6.07) is 4.24. The number of ether oxygens (including phenoxy) is 1. The van der Waals surface area contributed by atoms with E-state index in [1.165, 1.54) is 28.0 Å². The number of carbonyl (C=O) groups excluding carboxylic acids is 1. The number of hydrogen-bond donors (Lipinski definition) is 1. The minimum atomic E-state index is -0.526. The number of hydrogen-bond acceptors (Lipinski definition) is 7. The summed E-state index contributed by atoms with van der Waals surface area (Å²) in [6.45, 7) is 5.63. The van der Waals surface area contributed by atoms with Crippen molar-refractivity contribution in [2.75, 3.05) is 19.0 Å². The van der Waals surface area contributed by atoms with Crippen molar-refractivity contribution in [3.63, 3.8) is 0 Å². The Kier molecular flexibility index (Phi) is 6.28. The monoisotopic (exact) mass is 430 g/mol. The molecule has 9 nitrogen and oxygen atoms in total. The zero-order valence-corrected chi connectivity index (χ0v) is 18.0. The van der Waals surface area contributed by atoms with Gasteiger partial charge in [-0.05, 0) is 31.9 Å². The molecule has 0 bridgehead atoms. The highest BCUT2D eigenvalue weighted by molar-refractivity contribution is 7.18. The van der Waals surface area contributed by atoms with Gasteiger partial charge in [-0.2, -0.15) is 0 Å². The fraction of sp³-hybridized carbons (Fsp3) is 0.350. The fourth-order valence-electron chi connectivity index (χ4n) is 3.11. The van der Waals surface area contributed by atoms with Crippen molar-refractivity contribution in [2.45, 2.75) is 33.7 Å². The first kappa shape index (κ1) is 21.6. The van der Waals surface area contributed by atoms with Gasteiger partial charge in [-0.25, -0.2) is 4.98 Å². The summed E-state index contributed by atoms with van der Waals surface area (Å²) < 4.78 is 6.47. The molecule has 0 aliphatic heterocycles. The maximum Gasteiger partial charge on any atom is 0.271 e. The van der Waals surface area contributed by atoms with E-state index in [0.717, 1.165) is 10.4 Å². The van der Waals surface area contributed by atoms with Crippen LogP contribution in [0.2, 0.25) is 0 Å². The minimum absolute atomic E-state index is 0.124. The van der Waals surface area contributed by atoms with Crippen LogP contribution in [0.3, 0.4) is 0 Å². The predicted molar refractivity (Wildman–Crippen MR) is 115 cm³/mol. The molecule has 3 rings (SSSR count). The lowest BCUT2D eigenvalue weighted by Crippen LogP contribution is -2.31. The molecule has 2 heterocycles. The fourth-order valence-corrected chi connectivity index (χ4v) is 4.15. The Morgan fingerprint density at radius 2 is 2.07 bits per heavy atom. The maximum absolute atomic E-state index is 13.2. The smallest absolute Gasteiger partial charge is 0.271 e. The van der Waals surface area contributed by atoms with Crippen LogP contribution in [0.4, 0.5) is 11.4 Å². The van der Waals surface area contributed by atoms with Gasteiger partial charge in [0.25, 0.3) is 11.2 Å². The highest BCUT2D eigenvalue weighted by Gasteiger charge is 2.19. The Morgan fingerprint density at radius 1 is 1.33 bits per heavy atom. The van der Waals surface area contributed by atoms with Gasteiger partial charge in [-0.15, -0.1) is 11.3 Å². The van der Waals surface area contributed by atoms with Gasteiger partial charge in [0.05, 0.1) is 22.6 Å². The molecule has 0 fully saturated rings. The third kappa shape index (κ3) is 4.24. The molecule has 0 saturated heterocycles. The summed E-state index contributed by atoms with van der Waals surface area (Å²) in [5, 5.41) is 14.2. The van der Waals surface area contributed by atoms with Crippen molar-refractivity contribution in [1.82, 2.24) is 9.55 Å². The summed E-state index contributed by atoms with van der Waals surface area (Å²) in [4.78, 5) is 42.6. The molecule has 0 spiro atoms. The third-order valence-corrected chi connectivity index (χ3v) is 6.01. The Hall–Kier alpha value is -3.11. The summed E-state index contributed by atoms with van der Waals surface area (Å²) >= 11 is 1.45. The van der Waals surface area contributed by atoms with Crippen LogP contribution in [0, 0.1) is 30.9 Å². The van der Waals surface area contributed by atoms with Crippen LogP contribution in [-0.4, -0.2) is 34.1 Å². The van der Waals surface area contributed by atoms with Gasteiger partial charge in [0.15, 0.2) is 0 Å². The van der Waals surface area contributed by atoms with Crippen LogP contribution in [0.1, 0.15) is 21.8 Å². The lowest BCUT2D eigenvalue weighted by atomic mass is 10.2. The molecule has 1 aromatic carbocycles. The van der Waals surface area contributed by atoms with E-state index in [1.54, 1.807) is 20.1 Å². The van der Waals surface area contributed by atoms with Crippen molar-refractivity contribution in [2.24, 2.45) is 0 Å². The Balaban J connectivity index is 1.98. The standard InChI is InChI=1S/C20H22N4O5S/c1-11-5-6-14(24(27)28)9-15(11)21-17(25)10-23-16(7-8-29-4)22-19-18(20(23)26)12(2)13(3)30-19/h5-6,9H,7-8,10H2,1-4H3,(H,21,25). The van der Waals surface area contributed by atoms with Gasteiger partial charge in [-0.1, -0.05) is 6.07 Å². The van der Waals surface area contributed by atoms with E-state index in [-0.39, 0.29) is 17.8 Å². The number of aromatic nitrogens is 2. The van der Waals surface area contributed by atoms with Crippen LogP contribution >= 0.6 is 11.3 Å². The number of nitrogens with zero attached hydrogens (tertiary/aromatic N) is 3. The number of nitro groups is 1. The first-order valence-electron chi connectivity index (χ1n) is 9.26. The predicted octanol–water partition coefficient (Wildman–Crippen LogP) is 3.12. The molecular formula is C20H22N4O5S. The quantitative estimate of drug-likeness (QED) is 0.455. The molecule has 3 aromatic rings. The maximum atomic E-state index is 13.2. The van der Waals surface area contributed by atoms with Crippen LogP contribution in [0.5, 0.6) is 0 Å². The number of nitro benzene ring substituents is 1. The van der Waals surface area contributed by atoms with E-state index < -0.39 is 10.8 Å². The third-order valence-electron chi connectivity index (χ3n) is 4.91. The number of fused-ring (bicyclic) bond motifs is 1. The zero-order valence-electron chi connectivity index (χ0n) is 17.1. The van der Waals surface area contributed by atoms with E-state index >= 15 is 0 Å². The summed E-state index contributed by atoms with van der Waals surface area (Å²) in [6.07, 6.45) is 0.376. The lowest BCUT2D eigenvalue weighted by molar-refractivity contribution is -0.384. The largest absolute Gasteiger partial charge is 0.384 e. The molecule has 0 radical (unpaired) electrons. The van der Waals surface area contributed by atoms with Crippen LogP contribution in [-0.2, 0) is 22.5 Å². The first-order chi connectivity index (χ1) is 14.2. The molecule has 10 heteroatoms. The number of benzene rings is 1. The van der Waals surface area contributed by atoms with Crippen molar-refractivity contribution < 1.29 is 14.5 Å². The summed E-state index contributed by atoms with van der Waals surface area (Å²) in [5.74, 6) is -0.00775. The topological polar surface area (TPSA) is 116 Å². The molecule has 1 N–H and O–H groups in total. The van der Waals surface area contributed by atoms with Gasteiger partial charge in [0.1, 0.15) is 17.2 Å². The van der Waals surface area contributed by atoms with Crippen molar-refractivity contribution in [3.8, 4) is 0 Å². The molecule has 0 aliphatic carbocycles. The van der Waals surface area contributed by atoms with Gasteiger partial charge in [0.2, 0.25) is 5.91 Å². The zero-order chi connectivity index (χ0) is 22.0. The van der Waals surface area contributed by atoms with Crippen molar-refractivity contribution >= 4 is 38.8 Å². The second-order valence-electron chi connectivity index (χ2n) is 6.93. The molecular weight excluding hydrogens is 408 g/mol. The number of rotatable bonds is 7. The number of aryl methyl sites for hydroxylation is 3. The van der Waals surface area contributed by atoms with Gasteiger partial charge < -0.3 is 10.1 Å². The van der Waals surface area contributed by atoms with Gasteiger partial charge in [-0.3, -0.25) is 24.3 Å². The van der Waals surface area contributed by atoms with Gasteiger partial charge >= 0.3 is 0 Å². The summed E-state index contributed by atoms with van der Waals surface area (Å²) in [7, 11) is 1.55. The van der Waals surface area contributed by atoms with Crippen molar-refractivity contribution in [1.29, 1.82) is 0 Å². The number of anilines is 1. The SMILES string of the molecule is COCCc1nc2sc(C)c(C)c2c(=O)n1CC(=O)Nc1cc([N+](=O)[O-])ccc1C. The normalized spacial score (nSPS) is 11.1. The van der Waals surface area contributed by atoms with E-state index in [4.69, 9.17) is 4.74 Å². The van der Waals surface area contributed by atoms with E-state index in [9.17, 15) is 19.7 Å². The molecule has 0 aliphatic rings. The molecule has 30 heavy (non-hydrogen) atoms. The van der Waals surface area contributed by atoms with Crippen molar-refractivity contribution in [3.05, 3.63) is 60.5 Å². The highest BCUT2D eigenvalue weighted by Crippen LogP contribution is 2.26. The average molecular weight is 430 g/mol. The number of non-ortho nitro benzene ring substituents is 1. The van der Waals surface area contributed by atoms with Crippen LogP contribution in [0.25, 0.3) is 10.2 Å². The lowest BCUT2D eigenvalue weighted by Gasteiger charge is -2.13. The minimum Gasteiger partial charge on any atom is -0.384 e.